The highest BCUT2D eigenvalue weighted by Gasteiger charge is 2.29. The molecule has 0 saturated carbocycles. The lowest BCUT2D eigenvalue weighted by atomic mass is 9.92. The van der Waals surface area contributed by atoms with E-state index in [1.165, 1.54) is 16.7 Å². The molecule has 0 aliphatic carbocycles. The minimum absolute atomic E-state index is 0.00361. The summed E-state index contributed by atoms with van der Waals surface area (Å²) in [5.74, 6) is 0. The molecule has 0 radical (unpaired) electrons. The molecule has 3 rings (SSSR count). The Bertz CT molecular complexity index is 579. The maximum absolute atomic E-state index is 10.7. The van der Waals surface area contributed by atoms with Crippen LogP contribution in [0, 0.1) is 0 Å². The second-order valence-corrected chi connectivity index (χ2v) is 5.05. The van der Waals surface area contributed by atoms with Gasteiger partial charge >= 0.3 is 0 Å². The molecule has 0 aromatic heterocycles. The van der Waals surface area contributed by atoms with E-state index in [1.807, 2.05) is 24.3 Å². The van der Waals surface area contributed by atoms with E-state index in [9.17, 15) is 5.11 Å². The molecule has 0 amide bonds. The Morgan fingerprint density at radius 2 is 1.89 bits per heavy atom. The average Bonchev–Trinajstić information content (AvgIpc) is 2.90. The molecule has 2 unspecified atom stereocenters. The highest BCUT2D eigenvalue weighted by Crippen LogP contribution is 2.36. The lowest BCUT2D eigenvalue weighted by molar-refractivity contribution is 0.133. The number of aryl methyl sites for hydroxylation is 1. The predicted octanol–water partition coefficient (Wildman–Crippen LogP) is 3.13. The van der Waals surface area contributed by atoms with Gasteiger partial charge in [-0.05, 0) is 28.7 Å². The molecule has 2 N–H and O–H groups in total. The third-order valence-electron chi connectivity index (χ3n) is 3.97. The van der Waals surface area contributed by atoms with Crippen LogP contribution in [0.1, 0.15) is 41.3 Å². The van der Waals surface area contributed by atoms with Gasteiger partial charge in [0.15, 0.2) is 0 Å². The van der Waals surface area contributed by atoms with E-state index in [2.05, 4.69) is 36.5 Å². The van der Waals surface area contributed by atoms with Gasteiger partial charge in [0, 0.05) is 6.54 Å². The Kier molecular flexibility index (Phi) is 3.36. The largest absolute Gasteiger partial charge is 0.386 e. The third-order valence-corrected chi connectivity index (χ3v) is 3.97. The monoisotopic (exact) mass is 253 g/mol. The van der Waals surface area contributed by atoms with Crippen LogP contribution in [0.15, 0.2) is 48.5 Å². The third kappa shape index (κ3) is 2.18. The molecule has 0 spiro atoms. The van der Waals surface area contributed by atoms with Gasteiger partial charge in [-0.15, -0.1) is 0 Å². The van der Waals surface area contributed by atoms with Crippen molar-refractivity contribution in [1.29, 1.82) is 0 Å². The zero-order valence-corrected chi connectivity index (χ0v) is 11.1. The van der Waals surface area contributed by atoms with Crippen molar-refractivity contribution in [2.75, 3.05) is 0 Å². The van der Waals surface area contributed by atoms with Crippen LogP contribution >= 0.6 is 0 Å². The Hall–Kier alpha value is -1.64. The molecular formula is C17H19NO. The van der Waals surface area contributed by atoms with Gasteiger partial charge in [0.25, 0.3) is 0 Å². The van der Waals surface area contributed by atoms with Crippen LogP contribution in [0.3, 0.4) is 0 Å². The highest BCUT2D eigenvalue weighted by atomic mass is 16.3. The molecule has 2 heteroatoms. The van der Waals surface area contributed by atoms with Gasteiger partial charge in [0.2, 0.25) is 0 Å². The summed E-state index contributed by atoms with van der Waals surface area (Å²) < 4.78 is 0. The van der Waals surface area contributed by atoms with Crippen molar-refractivity contribution >= 4 is 0 Å². The van der Waals surface area contributed by atoms with Crippen molar-refractivity contribution in [2.24, 2.45) is 0 Å². The summed E-state index contributed by atoms with van der Waals surface area (Å²) in [6.07, 6.45) is 0.460. The van der Waals surface area contributed by atoms with E-state index in [4.69, 9.17) is 0 Å². The molecule has 2 aromatic carbocycles. The maximum atomic E-state index is 10.7. The van der Waals surface area contributed by atoms with E-state index in [0.29, 0.717) is 0 Å². The van der Waals surface area contributed by atoms with Gasteiger partial charge in [-0.2, -0.15) is 0 Å². The number of fused-ring (bicyclic) bond motifs is 1. The van der Waals surface area contributed by atoms with Gasteiger partial charge < -0.3 is 10.4 Å². The first kappa shape index (κ1) is 12.4. The zero-order valence-electron chi connectivity index (χ0n) is 11.1. The Labute approximate surface area is 114 Å². The van der Waals surface area contributed by atoms with Gasteiger partial charge in [-0.25, -0.2) is 0 Å². The first-order valence-corrected chi connectivity index (χ1v) is 6.88. The molecule has 0 saturated heterocycles. The van der Waals surface area contributed by atoms with Gasteiger partial charge in [-0.1, -0.05) is 55.5 Å². The fourth-order valence-corrected chi connectivity index (χ4v) is 2.93. The number of rotatable bonds is 3. The number of nitrogens with one attached hydrogen (secondary N) is 1. The van der Waals surface area contributed by atoms with E-state index in [1.54, 1.807) is 0 Å². The average molecular weight is 253 g/mol. The Morgan fingerprint density at radius 1 is 1.16 bits per heavy atom. The van der Waals surface area contributed by atoms with Crippen molar-refractivity contribution in [2.45, 2.75) is 32.0 Å². The van der Waals surface area contributed by atoms with Crippen molar-refractivity contribution in [3.63, 3.8) is 0 Å². The summed E-state index contributed by atoms with van der Waals surface area (Å²) in [4.78, 5) is 0. The summed E-state index contributed by atoms with van der Waals surface area (Å²) in [6.45, 7) is 2.97. The standard InChI is InChI=1S/C17H19NO/c1-2-12-7-3-6-10-15(12)17(19)16-14-9-5-4-8-13(14)11-18-16/h3-10,16-19H,2,11H2,1H3. The topological polar surface area (TPSA) is 32.3 Å². The highest BCUT2D eigenvalue weighted by molar-refractivity contribution is 5.38. The summed E-state index contributed by atoms with van der Waals surface area (Å²) in [5, 5.41) is 14.1. The van der Waals surface area contributed by atoms with E-state index in [0.717, 1.165) is 18.5 Å². The predicted molar refractivity (Wildman–Crippen MR) is 76.8 cm³/mol. The SMILES string of the molecule is CCc1ccccc1C(O)C1NCc2ccccc21. The van der Waals surface area contributed by atoms with Crippen LogP contribution in [0.25, 0.3) is 0 Å². The summed E-state index contributed by atoms with van der Waals surface area (Å²) in [7, 11) is 0. The molecule has 98 valence electrons. The molecule has 19 heavy (non-hydrogen) atoms. The van der Waals surface area contributed by atoms with E-state index in [-0.39, 0.29) is 6.04 Å². The van der Waals surface area contributed by atoms with Gasteiger partial charge in [-0.3, -0.25) is 0 Å². The van der Waals surface area contributed by atoms with Gasteiger partial charge in [0.05, 0.1) is 12.1 Å². The van der Waals surface area contributed by atoms with Crippen molar-refractivity contribution < 1.29 is 5.11 Å². The first-order valence-electron chi connectivity index (χ1n) is 6.88. The fourth-order valence-electron chi connectivity index (χ4n) is 2.93. The van der Waals surface area contributed by atoms with Crippen molar-refractivity contribution in [3.05, 3.63) is 70.8 Å². The maximum Gasteiger partial charge on any atom is 0.0987 e. The first-order chi connectivity index (χ1) is 9.31. The smallest absolute Gasteiger partial charge is 0.0987 e. The number of aliphatic hydroxyl groups excluding tert-OH is 1. The molecule has 0 fully saturated rings. The molecular weight excluding hydrogens is 234 g/mol. The molecule has 2 aromatic rings. The lowest BCUT2D eigenvalue weighted by Gasteiger charge is -2.22. The Balaban J connectivity index is 1.95. The Morgan fingerprint density at radius 3 is 2.74 bits per heavy atom. The molecule has 0 bridgehead atoms. The van der Waals surface area contributed by atoms with E-state index >= 15 is 0 Å². The molecule has 2 nitrogen and oxygen atoms in total. The molecule has 2 atom stereocenters. The van der Waals surface area contributed by atoms with Gasteiger partial charge in [0.1, 0.15) is 0 Å². The summed E-state index contributed by atoms with van der Waals surface area (Å²) in [6, 6.07) is 16.5. The van der Waals surface area contributed by atoms with Crippen LogP contribution < -0.4 is 5.32 Å². The van der Waals surface area contributed by atoms with Crippen molar-refractivity contribution in [1.82, 2.24) is 5.32 Å². The minimum atomic E-state index is -0.486. The lowest BCUT2D eigenvalue weighted by Crippen LogP contribution is -2.21. The fraction of sp³-hybridized carbons (Fsp3) is 0.294. The molecule has 1 aliphatic rings. The van der Waals surface area contributed by atoms with Crippen LogP contribution in [0.2, 0.25) is 0 Å². The number of hydrogen-bond donors (Lipinski definition) is 2. The number of hydrogen-bond acceptors (Lipinski definition) is 2. The van der Waals surface area contributed by atoms with E-state index < -0.39 is 6.10 Å². The van der Waals surface area contributed by atoms with Crippen LogP contribution in [0.5, 0.6) is 0 Å². The minimum Gasteiger partial charge on any atom is -0.386 e. The summed E-state index contributed by atoms with van der Waals surface area (Å²) >= 11 is 0. The second kappa shape index (κ2) is 5.16. The van der Waals surface area contributed by atoms with Crippen LogP contribution in [0.4, 0.5) is 0 Å². The second-order valence-electron chi connectivity index (χ2n) is 5.05. The molecule has 1 heterocycles. The van der Waals surface area contributed by atoms with Crippen LogP contribution in [-0.2, 0) is 13.0 Å². The quantitative estimate of drug-likeness (QED) is 0.881. The summed E-state index contributed by atoms with van der Waals surface area (Å²) in [5.41, 5.74) is 4.78. The normalized spacial score (nSPS) is 19.2. The van der Waals surface area contributed by atoms with Crippen LogP contribution in [-0.4, -0.2) is 5.11 Å². The number of benzene rings is 2. The zero-order chi connectivity index (χ0) is 13.2. The molecule has 1 aliphatic heterocycles. The van der Waals surface area contributed by atoms with Crippen molar-refractivity contribution in [3.8, 4) is 0 Å². The number of aliphatic hydroxyl groups is 1.